The molecule has 0 saturated heterocycles. The summed E-state index contributed by atoms with van der Waals surface area (Å²) in [7, 11) is 1.64. The Morgan fingerprint density at radius 2 is 1.85 bits per heavy atom. The zero-order valence-electron chi connectivity index (χ0n) is 15.0. The fourth-order valence-corrected chi connectivity index (χ4v) is 3.58. The highest BCUT2D eigenvalue weighted by Gasteiger charge is 2.38. The number of rotatable bonds is 4. The standard InChI is InChI=1S/C19H21N3O5/c1-10-17(11-3-5-12(24-2)6-4-11)13-7-15-16(26-9-25-15)8-14(13)27-18(10)21-22-19(20)23/h3-8,10,17-18,21H,9H2,1-2H3,(H3,20,22,23)/t10-,17-,18-/m0/s1. The van der Waals surface area contributed by atoms with Crippen LogP contribution in [0.25, 0.3) is 0 Å². The molecule has 3 atom stereocenters. The van der Waals surface area contributed by atoms with E-state index in [1.54, 1.807) is 7.11 Å². The molecule has 2 aromatic rings. The van der Waals surface area contributed by atoms with Crippen LogP contribution in [0.1, 0.15) is 24.0 Å². The van der Waals surface area contributed by atoms with Crippen molar-refractivity contribution in [2.24, 2.45) is 11.7 Å². The molecular weight excluding hydrogens is 350 g/mol. The molecule has 0 bridgehead atoms. The average Bonchev–Trinajstić information content (AvgIpc) is 3.12. The van der Waals surface area contributed by atoms with Gasteiger partial charge in [0, 0.05) is 23.5 Å². The van der Waals surface area contributed by atoms with Crippen molar-refractivity contribution >= 4 is 6.03 Å². The van der Waals surface area contributed by atoms with Crippen LogP contribution in [0.2, 0.25) is 0 Å². The highest BCUT2D eigenvalue weighted by Crippen LogP contribution is 2.48. The Bertz CT molecular complexity index is 855. The number of methoxy groups -OCH3 is 1. The van der Waals surface area contributed by atoms with Crippen molar-refractivity contribution in [1.82, 2.24) is 10.9 Å². The summed E-state index contributed by atoms with van der Waals surface area (Å²) in [5.41, 5.74) is 12.5. The molecule has 2 amide bonds. The quantitative estimate of drug-likeness (QED) is 0.711. The maximum absolute atomic E-state index is 11.1. The number of carbonyl (C=O) groups excluding carboxylic acids is 1. The smallest absolute Gasteiger partial charge is 0.326 e. The molecule has 2 aliphatic rings. The van der Waals surface area contributed by atoms with E-state index in [1.807, 2.05) is 43.3 Å². The number of hydrogen-bond donors (Lipinski definition) is 3. The van der Waals surface area contributed by atoms with Gasteiger partial charge in [-0.2, -0.15) is 5.43 Å². The predicted octanol–water partition coefficient (Wildman–Crippen LogP) is 2.08. The minimum Gasteiger partial charge on any atom is -0.497 e. The molecule has 27 heavy (non-hydrogen) atoms. The highest BCUT2D eigenvalue weighted by atomic mass is 16.7. The zero-order valence-corrected chi connectivity index (χ0v) is 15.0. The number of hydrogen-bond acceptors (Lipinski definition) is 6. The number of hydrazine groups is 1. The van der Waals surface area contributed by atoms with Crippen molar-refractivity contribution in [3.05, 3.63) is 47.5 Å². The second kappa shape index (κ2) is 6.88. The lowest BCUT2D eigenvalue weighted by molar-refractivity contribution is 0.0692. The van der Waals surface area contributed by atoms with Gasteiger partial charge < -0.3 is 24.7 Å². The summed E-state index contributed by atoms with van der Waals surface area (Å²) in [6.07, 6.45) is -0.475. The Morgan fingerprint density at radius 1 is 1.15 bits per heavy atom. The molecule has 0 radical (unpaired) electrons. The molecule has 8 nitrogen and oxygen atoms in total. The summed E-state index contributed by atoms with van der Waals surface area (Å²) in [6.45, 7) is 2.23. The van der Waals surface area contributed by atoms with Crippen molar-refractivity contribution in [2.45, 2.75) is 19.1 Å². The third-order valence-corrected chi connectivity index (χ3v) is 4.91. The Balaban J connectivity index is 1.75. The molecule has 4 rings (SSSR count). The van der Waals surface area contributed by atoms with Gasteiger partial charge in [0.25, 0.3) is 0 Å². The molecule has 0 saturated carbocycles. The van der Waals surface area contributed by atoms with Crippen molar-refractivity contribution in [3.63, 3.8) is 0 Å². The molecule has 0 spiro atoms. The molecule has 4 N–H and O–H groups in total. The van der Waals surface area contributed by atoms with Gasteiger partial charge >= 0.3 is 6.03 Å². The van der Waals surface area contributed by atoms with Gasteiger partial charge in [-0.15, -0.1) is 0 Å². The van der Waals surface area contributed by atoms with Gasteiger partial charge in [-0.3, -0.25) is 5.43 Å². The summed E-state index contributed by atoms with van der Waals surface area (Å²) in [4.78, 5) is 11.1. The first-order valence-electron chi connectivity index (χ1n) is 8.62. The van der Waals surface area contributed by atoms with E-state index >= 15 is 0 Å². The number of ether oxygens (including phenoxy) is 4. The number of amides is 2. The van der Waals surface area contributed by atoms with E-state index in [-0.39, 0.29) is 18.6 Å². The van der Waals surface area contributed by atoms with Gasteiger partial charge in [0.15, 0.2) is 17.7 Å². The molecular formula is C19H21N3O5. The number of nitrogens with two attached hydrogens (primary N) is 1. The highest BCUT2D eigenvalue weighted by molar-refractivity contribution is 5.71. The minimum absolute atomic E-state index is 0.00123. The van der Waals surface area contributed by atoms with Crippen molar-refractivity contribution in [3.8, 4) is 23.0 Å². The number of primary amides is 1. The van der Waals surface area contributed by atoms with Gasteiger partial charge in [-0.1, -0.05) is 19.1 Å². The van der Waals surface area contributed by atoms with E-state index in [4.69, 9.17) is 24.7 Å². The molecule has 0 fully saturated rings. The van der Waals surface area contributed by atoms with E-state index < -0.39 is 12.3 Å². The summed E-state index contributed by atoms with van der Waals surface area (Å²) < 4.78 is 22.3. The molecule has 2 heterocycles. The topological polar surface area (TPSA) is 104 Å². The third kappa shape index (κ3) is 3.19. The van der Waals surface area contributed by atoms with Crippen LogP contribution in [0.5, 0.6) is 23.0 Å². The van der Waals surface area contributed by atoms with Gasteiger partial charge in [-0.05, 0) is 23.8 Å². The Morgan fingerprint density at radius 3 is 2.52 bits per heavy atom. The lowest BCUT2D eigenvalue weighted by Crippen LogP contribution is -2.54. The molecule has 8 heteroatoms. The van der Waals surface area contributed by atoms with Crippen LogP contribution in [0, 0.1) is 5.92 Å². The van der Waals surface area contributed by atoms with Gasteiger partial charge in [-0.25, -0.2) is 4.79 Å². The van der Waals surface area contributed by atoms with Gasteiger partial charge in [0.1, 0.15) is 11.5 Å². The summed E-state index contributed by atoms with van der Waals surface area (Å²) in [5.74, 6) is 2.78. The maximum atomic E-state index is 11.1. The first-order chi connectivity index (χ1) is 13.1. The van der Waals surface area contributed by atoms with E-state index in [1.165, 1.54) is 0 Å². The van der Waals surface area contributed by atoms with Gasteiger partial charge in [0.05, 0.1) is 7.11 Å². The fourth-order valence-electron chi connectivity index (χ4n) is 3.58. The summed E-state index contributed by atoms with van der Waals surface area (Å²) >= 11 is 0. The normalized spacial score (nSPS) is 22.5. The maximum Gasteiger partial charge on any atom is 0.326 e. The second-order valence-corrected chi connectivity index (χ2v) is 6.53. The molecule has 0 aromatic heterocycles. The van der Waals surface area contributed by atoms with Crippen LogP contribution < -0.4 is 35.5 Å². The van der Waals surface area contributed by atoms with Crippen molar-refractivity contribution in [2.75, 3.05) is 13.9 Å². The fraction of sp³-hybridized carbons (Fsp3) is 0.316. The van der Waals surface area contributed by atoms with Crippen LogP contribution in [0.3, 0.4) is 0 Å². The average molecular weight is 371 g/mol. The number of nitrogens with one attached hydrogen (secondary N) is 2. The minimum atomic E-state index is -0.678. The number of fused-ring (bicyclic) bond motifs is 2. The van der Waals surface area contributed by atoms with Crippen molar-refractivity contribution in [1.29, 1.82) is 0 Å². The number of benzene rings is 2. The Kier molecular flexibility index (Phi) is 4.41. The largest absolute Gasteiger partial charge is 0.497 e. The Hall–Kier alpha value is -3.13. The third-order valence-electron chi connectivity index (χ3n) is 4.91. The lowest BCUT2D eigenvalue weighted by atomic mass is 9.78. The monoisotopic (exact) mass is 371 g/mol. The molecule has 0 aliphatic carbocycles. The van der Waals surface area contributed by atoms with E-state index in [9.17, 15) is 4.79 Å². The van der Waals surface area contributed by atoms with Crippen LogP contribution in [-0.4, -0.2) is 26.2 Å². The first-order valence-corrected chi connectivity index (χ1v) is 8.62. The van der Waals surface area contributed by atoms with Crippen LogP contribution in [0.15, 0.2) is 36.4 Å². The zero-order chi connectivity index (χ0) is 19.0. The van der Waals surface area contributed by atoms with Crippen molar-refractivity contribution < 1.29 is 23.7 Å². The van der Waals surface area contributed by atoms with Crippen LogP contribution in [-0.2, 0) is 0 Å². The van der Waals surface area contributed by atoms with E-state index in [0.29, 0.717) is 17.2 Å². The Labute approximate surface area is 156 Å². The van der Waals surface area contributed by atoms with Crippen LogP contribution in [0.4, 0.5) is 4.79 Å². The number of carbonyl (C=O) groups is 1. The second-order valence-electron chi connectivity index (χ2n) is 6.53. The van der Waals surface area contributed by atoms with Crippen LogP contribution >= 0.6 is 0 Å². The molecule has 2 aliphatic heterocycles. The molecule has 142 valence electrons. The van der Waals surface area contributed by atoms with E-state index in [2.05, 4.69) is 10.9 Å². The lowest BCUT2D eigenvalue weighted by Gasteiger charge is -2.38. The molecule has 2 aromatic carbocycles. The predicted molar refractivity (Wildman–Crippen MR) is 96.8 cm³/mol. The number of urea groups is 1. The first kappa shape index (κ1) is 17.3. The molecule has 0 unspecified atom stereocenters. The summed E-state index contributed by atoms with van der Waals surface area (Å²) in [6, 6.07) is 11.0. The summed E-state index contributed by atoms with van der Waals surface area (Å²) in [5, 5.41) is 0. The van der Waals surface area contributed by atoms with Gasteiger partial charge in [0.2, 0.25) is 6.79 Å². The van der Waals surface area contributed by atoms with E-state index in [0.717, 1.165) is 16.9 Å². The SMILES string of the molecule is COc1ccc([C@H]2c3cc4c(cc3O[C@H](NNC(N)=O)[C@H]2C)OCO4)cc1.